The van der Waals surface area contributed by atoms with Gasteiger partial charge in [-0.15, -0.1) is 0 Å². The van der Waals surface area contributed by atoms with E-state index in [0.29, 0.717) is 31.7 Å². The Bertz CT molecular complexity index is 581. The van der Waals surface area contributed by atoms with Crippen LogP contribution in [0, 0.1) is 6.92 Å². The fraction of sp³-hybridized carbons (Fsp3) is 0.722. The van der Waals surface area contributed by atoms with E-state index in [1.165, 1.54) is 19.3 Å². The van der Waals surface area contributed by atoms with Crippen LogP contribution in [0.15, 0.2) is 6.07 Å². The van der Waals surface area contributed by atoms with Gasteiger partial charge in [0.1, 0.15) is 5.82 Å². The van der Waals surface area contributed by atoms with Crippen molar-refractivity contribution >= 4 is 17.9 Å². The predicted molar refractivity (Wildman–Crippen MR) is 98.1 cm³/mol. The molecule has 138 valence electrons. The molecule has 1 aromatic heterocycles. The second-order valence-corrected chi connectivity index (χ2v) is 6.84. The van der Waals surface area contributed by atoms with E-state index >= 15 is 0 Å². The van der Waals surface area contributed by atoms with Crippen LogP contribution in [0.3, 0.4) is 0 Å². The summed E-state index contributed by atoms with van der Waals surface area (Å²) in [5.74, 6) is 1.73. The van der Waals surface area contributed by atoms with Gasteiger partial charge in [-0.25, -0.2) is 9.78 Å². The highest BCUT2D eigenvalue weighted by atomic mass is 16.6. The number of rotatable bonds is 4. The Hall–Kier alpha value is -2.05. The number of aryl methyl sites for hydroxylation is 1. The van der Waals surface area contributed by atoms with E-state index in [9.17, 15) is 4.79 Å². The zero-order chi connectivity index (χ0) is 17.6. The molecule has 2 saturated heterocycles. The maximum atomic E-state index is 11.8. The van der Waals surface area contributed by atoms with Gasteiger partial charge in [-0.2, -0.15) is 4.98 Å². The molecular formula is C18H29N5O2. The van der Waals surface area contributed by atoms with Crippen molar-refractivity contribution in [3.63, 3.8) is 0 Å². The Morgan fingerprint density at radius 1 is 1.20 bits per heavy atom. The van der Waals surface area contributed by atoms with Crippen LogP contribution in [-0.4, -0.2) is 59.8 Å². The number of nitrogens with zero attached hydrogens (tertiary/aromatic N) is 4. The zero-order valence-electron chi connectivity index (χ0n) is 15.3. The number of carbonyl (C=O) groups excluding carboxylic acids is 1. The third-order valence-electron chi connectivity index (χ3n) is 4.87. The Kier molecular flexibility index (Phi) is 5.94. The molecule has 1 amide bonds. The summed E-state index contributed by atoms with van der Waals surface area (Å²) >= 11 is 0. The molecule has 3 rings (SSSR count). The largest absolute Gasteiger partial charge is 0.450 e. The van der Waals surface area contributed by atoms with Gasteiger partial charge in [0.25, 0.3) is 0 Å². The molecule has 0 saturated carbocycles. The molecule has 2 aliphatic rings. The topological polar surface area (TPSA) is 70.6 Å². The van der Waals surface area contributed by atoms with Gasteiger partial charge in [0.05, 0.1) is 6.61 Å². The number of amides is 1. The van der Waals surface area contributed by atoms with Crippen LogP contribution >= 0.6 is 0 Å². The van der Waals surface area contributed by atoms with Crippen LogP contribution in [0.1, 0.15) is 44.7 Å². The maximum Gasteiger partial charge on any atom is 0.409 e. The normalized spacial score (nSPS) is 19.0. The molecule has 7 heteroatoms. The number of carbonyl (C=O) groups is 1. The molecule has 0 aliphatic carbocycles. The molecule has 0 radical (unpaired) electrons. The summed E-state index contributed by atoms with van der Waals surface area (Å²) in [5, 5.41) is 3.46. The van der Waals surface area contributed by atoms with Crippen LogP contribution in [0.5, 0.6) is 0 Å². The standard InChI is InChI=1S/C18H29N5O2/c1-3-25-18(24)23-11-7-15(8-12-23)20-17-19-14(2)13-16(21-17)22-9-5-4-6-10-22/h13,15H,3-12H2,1-2H3,(H,19,20,21). The Morgan fingerprint density at radius 3 is 2.60 bits per heavy atom. The zero-order valence-corrected chi connectivity index (χ0v) is 15.3. The first-order valence-corrected chi connectivity index (χ1v) is 9.44. The number of hydrogen-bond donors (Lipinski definition) is 1. The lowest BCUT2D eigenvalue weighted by Gasteiger charge is -2.32. The summed E-state index contributed by atoms with van der Waals surface area (Å²) in [7, 11) is 0. The van der Waals surface area contributed by atoms with Crippen LogP contribution in [0.2, 0.25) is 0 Å². The smallest absolute Gasteiger partial charge is 0.409 e. The first-order chi connectivity index (χ1) is 12.2. The highest BCUT2D eigenvalue weighted by molar-refractivity contribution is 5.67. The van der Waals surface area contributed by atoms with Gasteiger partial charge < -0.3 is 19.9 Å². The fourth-order valence-corrected chi connectivity index (χ4v) is 3.51. The molecule has 25 heavy (non-hydrogen) atoms. The van der Waals surface area contributed by atoms with Crippen molar-refractivity contribution in [1.29, 1.82) is 0 Å². The van der Waals surface area contributed by atoms with E-state index in [1.54, 1.807) is 4.90 Å². The number of anilines is 2. The van der Waals surface area contributed by atoms with E-state index in [2.05, 4.69) is 21.3 Å². The molecule has 0 bridgehead atoms. The first kappa shape index (κ1) is 17.8. The van der Waals surface area contributed by atoms with Crippen LogP contribution in [-0.2, 0) is 4.74 Å². The lowest BCUT2D eigenvalue weighted by atomic mass is 10.1. The molecule has 0 aromatic carbocycles. The minimum atomic E-state index is -0.208. The van der Waals surface area contributed by atoms with Crippen molar-refractivity contribution in [2.75, 3.05) is 43.0 Å². The third kappa shape index (κ3) is 4.74. The minimum absolute atomic E-state index is 0.208. The van der Waals surface area contributed by atoms with E-state index in [1.807, 2.05) is 13.8 Å². The fourth-order valence-electron chi connectivity index (χ4n) is 3.51. The Labute approximate surface area is 149 Å². The minimum Gasteiger partial charge on any atom is -0.450 e. The van der Waals surface area contributed by atoms with Gasteiger partial charge in [-0.05, 0) is 46.0 Å². The highest BCUT2D eigenvalue weighted by Gasteiger charge is 2.24. The van der Waals surface area contributed by atoms with E-state index in [4.69, 9.17) is 9.72 Å². The van der Waals surface area contributed by atoms with Crippen LogP contribution < -0.4 is 10.2 Å². The Morgan fingerprint density at radius 2 is 1.92 bits per heavy atom. The molecule has 7 nitrogen and oxygen atoms in total. The number of nitrogens with one attached hydrogen (secondary N) is 1. The quantitative estimate of drug-likeness (QED) is 0.903. The SMILES string of the molecule is CCOC(=O)N1CCC(Nc2nc(C)cc(N3CCCCC3)n2)CC1. The molecule has 0 atom stereocenters. The molecule has 1 aromatic rings. The molecule has 0 spiro atoms. The van der Waals surface area contributed by atoms with Crippen molar-refractivity contribution in [2.24, 2.45) is 0 Å². The molecule has 2 aliphatic heterocycles. The number of aromatic nitrogens is 2. The van der Waals surface area contributed by atoms with Gasteiger partial charge in [0.15, 0.2) is 0 Å². The monoisotopic (exact) mass is 347 g/mol. The highest BCUT2D eigenvalue weighted by Crippen LogP contribution is 2.21. The lowest BCUT2D eigenvalue weighted by Crippen LogP contribution is -2.42. The number of piperidine rings is 2. The summed E-state index contributed by atoms with van der Waals surface area (Å²) in [5.41, 5.74) is 0.988. The van der Waals surface area contributed by atoms with Gasteiger partial charge in [-0.3, -0.25) is 0 Å². The van der Waals surface area contributed by atoms with Crippen molar-refractivity contribution in [3.05, 3.63) is 11.8 Å². The lowest BCUT2D eigenvalue weighted by molar-refractivity contribution is 0.0983. The van der Waals surface area contributed by atoms with Crippen molar-refractivity contribution in [2.45, 2.75) is 52.0 Å². The summed E-state index contributed by atoms with van der Waals surface area (Å²) in [4.78, 5) is 25.2. The van der Waals surface area contributed by atoms with E-state index in [-0.39, 0.29) is 6.09 Å². The number of hydrogen-bond acceptors (Lipinski definition) is 6. The molecule has 2 fully saturated rings. The summed E-state index contributed by atoms with van der Waals surface area (Å²) in [6.07, 6.45) is 5.34. The average Bonchev–Trinajstić information content (AvgIpc) is 2.63. The predicted octanol–water partition coefficient (Wildman–Crippen LogP) is 2.81. The van der Waals surface area contributed by atoms with Gasteiger partial charge >= 0.3 is 6.09 Å². The number of likely N-dealkylation sites (tertiary alicyclic amines) is 1. The summed E-state index contributed by atoms with van der Waals surface area (Å²) in [6.45, 7) is 7.85. The maximum absolute atomic E-state index is 11.8. The van der Waals surface area contributed by atoms with Gasteiger partial charge in [0.2, 0.25) is 5.95 Å². The average molecular weight is 347 g/mol. The summed E-state index contributed by atoms with van der Waals surface area (Å²) in [6, 6.07) is 2.36. The first-order valence-electron chi connectivity index (χ1n) is 9.44. The van der Waals surface area contributed by atoms with Crippen molar-refractivity contribution in [1.82, 2.24) is 14.9 Å². The third-order valence-corrected chi connectivity index (χ3v) is 4.87. The van der Waals surface area contributed by atoms with E-state index in [0.717, 1.165) is 37.4 Å². The van der Waals surface area contributed by atoms with Crippen molar-refractivity contribution in [3.8, 4) is 0 Å². The molecule has 0 unspecified atom stereocenters. The summed E-state index contributed by atoms with van der Waals surface area (Å²) < 4.78 is 5.07. The second kappa shape index (κ2) is 8.36. The van der Waals surface area contributed by atoms with Crippen LogP contribution in [0.4, 0.5) is 16.6 Å². The molecule has 1 N–H and O–H groups in total. The second-order valence-electron chi connectivity index (χ2n) is 6.84. The van der Waals surface area contributed by atoms with Crippen LogP contribution in [0.25, 0.3) is 0 Å². The number of ether oxygens (including phenoxy) is 1. The van der Waals surface area contributed by atoms with E-state index < -0.39 is 0 Å². The Balaban J connectivity index is 1.58. The molecular weight excluding hydrogens is 318 g/mol. The van der Waals surface area contributed by atoms with Gasteiger partial charge in [-0.1, -0.05) is 0 Å². The van der Waals surface area contributed by atoms with Crippen molar-refractivity contribution < 1.29 is 9.53 Å². The molecule has 3 heterocycles. The van der Waals surface area contributed by atoms with Gasteiger partial charge in [0, 0.05) is 44.0 Å².